The number of hydrogen-bond donors (Lipinski definition) is 0. The maximum Gasteiger partial charge on any atom is 0.203 e. The van der Waals surface area contributed by atoms with E-state index in [1.807, 2.05) is 37.3 Å². The van der Waals surface area contributed by atoms with Crippen molar-refractivity contribution in [2.24, 2.45) is 11.8 Å². The van der Waals surface area contributed by atoms with Gasteiger partial charge in [-0.15, -0.1) is 0 Å². The molecular formula is C29H36O5. The molecule has 0 spiro atoms. The molecule has 3 rings (SSSR count). The van der Waals surface area contributed by atoms with Gasteiger partial charge in [0.15, 0.2) is 17.3 Å². The van der Waals surface area contributed by atoms with Gasteiger partial charge in [-0.25, -0.2) is 0 Å². The van der Waals surface area contributed by atoms with Crippen LogP contribution in [0.3, 0.4) is 0 Å². The summed E-state index contributed by atoms with van der Waals surface area (Å²) in [6.45, 7) is 8.54. The second-order valence-corrected chi connectivity index (χ2v) is 9.20. The van der Waals surface area contributed by atoms with Crippen LogP contribution in [0.5, 0.6) is 23.0 Å². The van der Waals surface area contributed by atoms with Crippen molar-refractivity contribution in [3.05, 3.63) is 57.7 Å². The Morgan fingerprint density at radius 2 is 1.24 bits per heavy atom. The summed E-state index contributed by atoms with van der Waals surface area (Å²) in [7, 11) is 6.44. The molecule has 1 saturated carbocycles. The number of aryl methyl sites for hydroxylation is 1. The maximum atomic E-state index is 13.6. The zero-order valence-corrected chi connectivity index (χ0v) is 21.6. The predicted molar refractivity (Wildman–Crippen MR) is 137 cm³/mol. The summed E-state index contributed by atoms with van der Waals surface area (Å²) in [6, 6.07) is 7.86. The summed E-state index contributed by atoms with van der Waals surface area (Å²) < 4.78 is 22.0. The molecule has 0 aromatic heterocycles. The molecule has 1 fully saturated rings. The molecule has 0 amide bonds. The Kier molecular flexibility index (Phi) is 8.08. The minimum absolute atomic E-state index is 0.0860. The first kappa shape index (κ1) is 25.4. The van der Waals surface area contributed by atoms with E-state index in [2.05, 4.69) is 26.8 Å². The van der Waals surface area contributed by atoms with Gasteiger partial charge in [0, 0.05) is 11.1 Å². The van der Waals surface area contributed by atoms with Gasteiger partial charge in [-0.2, -0.15) is 0 Å². The Morgan fingerprint density at radius 3 is 1.68 bits per heavy atom. The molecule has 0 aliphatic heterocycles. The summed E-state index contributed by atoms with van der Waals surface area (Å²) in [5, 5.41) is 0. The molecule has 34 heavy (non-hydrogen) atoms. The Balaban J connectivity index is 2.07. The minimum atomic E-state index is 0.0860. The normalized spacial score (nSPS) is 18.5. The summed E-state index contributed by atoms with van der Waals surface area (Å²) >= 11 is 0. The van der Waals surface area contributed by atoms with E-state index in [4.69, 9.17) is 18.9 Å². The van der Waals surface area contributed by atoms with Crippen molar-refractivity contribution in [1.29, 1.82) is 0 Å². The largest absolute Gasteiger partial charge is 0.496 e. The highest BCUT2D eigenvalue weighted by Crippen LogP contribution is 2.41. The van der Waals surface area contributed by atoms with Gasteiger partial charge >= 0.3 is 0 Å². The first-order chi connectivity index (χ1) is 16.2. The van der Waals surface area contributed by atoms with Crippen LogP contribution < -0.4 is 18.9 Å². The van der Waals surface area contributed by atoms with E-state index in [1.54, 1.807) is 28.4 Å². The van der Waals surface area contributed by atoms with E-state index in [0.717, 1.165) is 52.0 Å². The highest BCUT2D eigenvalue weighted by atomic mass is 16.5. The molecule has 182 valence electrons. The maximum absolute atomic E-state index is 13.6. The summed E-state index contributed by atoms with van der Waals surface area (Å²) in [6.07, 6.45) is 5.48. The monoisotopic (exact) mass is 464 g/mol. The van der Waals surface area contributed by atoms with Gasteiger partial charge < -0.3 is 18.9 Å². The lowest BCUT2D eigenvalue weighted by Crippen LogP contribution is -2.23. The third-order valence-electron chi connectivity index (χ3n) is 6.72. The number of ketones is 1. The molecule has 1 atom stereocenters. The van der Waals surface area contributed by atoms with Crippen molar-refractivity contribution in [3.63, 3.8) is 0 Å². The molecular weight excluding hydrogens is 428 g/mol. The van der Waals surface area contributed by atoms with Crippen molar-refractivity contribution >= 4 is 17.9 Å². The number of ether oxygens (including phenoxy) is 4. The Bertz CT molecular complexity index is 1100. The molecule has 2 aromatic carbocycles. The number of carbonyl (C=O) groups excluding carboxylic acids is 1. The highest BCUT2D eigenvalue weighted by Gasteiger charge is 2.30. The van der Waals surface area contributed by atoms with Gasteiger partial charge in [-0.3, -0.25) is 4.79 Å². The molecule has 1 aliphatic carbocycles. The van der Waals surface area contributed by atoms with Crippen molar-refractivity contribution < 1.29 is 23.7 Å². The van der Waals surface area contributed by atoms with Crippen LogP contribution in [0.4, 0.5) is 0 Å². The third kappa shape index (κ3) is 5.30. The SMILES string of the molecule is COc1cc(/C=C2\CC(C(C)C)C/C(=C\c3cc(OC)c(OC)c(OC)c3)C2=O)cc(C)c1C. The first-order valence-electron chi connectivity index (χ1n) is 11.6. The number of carbonyl (C=O) groups is 1. The molecule has 5 nitrogen and oxygen atoms in total. The Labute approximate surface area is 203 Å². The fourth-order valence-corrected chi connectivity index (χ4v) is 4.49. The van der Waals surface area contributed by atoms with Crippen LogP contribution in [0.25, 0.3) is 12.2 Å². The van der Waals surface area contributed by atoms with Crippen LogP contribution in [0.1, 0.15) is 48.9 Å². The van der Waals surface area contributed by atoms with E-state index in [0.29, 0.717) is 29.1 Å². The Morgan fingerprint density at radius 1 is 0.765 bits per heavy atom. The van der Waals surface area contributed by atoms with Crippen LogP contribution in [0.2, 0.25) is 0 Å². The van der Waals surface area contributed by atoms with E-state index in [9.17, 15) is 4.79 Å². The fraction of sp³-hybridized carbons (Fsp3) is 0.414. The number of methoxy groups -OCH3 is 4. The van der Waals surface area contributed by atoms with Crippen LogP contribution in [0, 0.1) is 25.7 Å². The van der Waals surface area contributed by atoms with Crippen molar-refractivity contribution in [3.8, 4) is 23.0 Å². The lowest BCUT2D eigenvalue weighted by Gasteiger charge is -2.28. The van der Waals surface area contributed by atoms with Gasteiger partial charge in [0.1, 0.15) is 5.75 Å². The average molecular weight is 465 g/mol. The van der Waals surface area contributed by atoms with Crippen molar-refractivity contribution in [1.82, 2.24) is 0 Å². The molecule has 0 radical (unpaired) electrons. The molecule has 5 heteroatoms. The summed E-state index contributed by atoms with van der Waals surface area (Å²) in [4.78, 5) is 13.6. The van der Waals surface area contributed by atoms with Crippen molar-refractivity contribution in [2.75, 3.05) is 28.4 Å². The zero-order valence-electron chi connectivity index (χ0n) is 21.6. The quantitative estimate of drug-likeness (QED) is 0.441. The molecule has 0 heterocycles. The lowest BCUT2D eigenvalue weighted by molar-refractivity contribution is -0.113. The molecule has 2 aromatic rings. The van der Waals surface area contributed by atoms with Gasteiger partial charge in [0.25, 0.3) is 0 Å². The van der Waals surface area contributed by atoms with E-state index >= 15 is 0 Å². The Hall–Kier alpha value is -3.21. The fourth-order valence-electron chi connectivity index (χ4n) is 4.49. The standard InChI is InChI=1S/C29H36O5/c1-17(2)22-15-23(10-20-9-18(3)19(4)25(12-20)31-5)28(30)24(16-22)11-21-13-26(32-6)29(34-8)27(14-21)33-7/h9-14,17,22H,15-16H2,1-8H3/b23-10+,24-11+. The van der Waals surface area contributed by atoms with Gasteiger partial charge in [0.05, 0.1) is 28.4 Å². The second-order valence-electron chi connectivity index (χ2n) is 9.20. The van der Waals surface area contributed by atoms with Gasteiger partial charge in [-0.05, 0) is 91.1 Å². The number of benzene rings is 2. The molecule has 0 saturated heterocycles. The third-order valence-corrected chi connectivity index (χ3v) is 6.72. The average Bonchev–Trinajstić information content (AvgIpc) is 2.82. The zero-order chi connectivity index (χ0) is 25.0. The number of hydrogen-bond acceptors (Lipinski definition) is 5. The van der Waals surface area contributed by atoms with Gasteiger partial charge in [-0.1, -0.05) is 19.9 Å². The van der Waals surface area contributed by atoms with Crippen LogP contribution >= 0.6 is 0 Å². The highest BCUT2D eigenvalue weighted by molar-refractivity contribution is 6.14. The summed E-state index contributed by atoms with van der Waals surface area (Å²) in [5.41, 5.74) is 5.70. The second kappa shape index (κ2) is 10.8. The first-order valence-corrected chi connectivity index (χ1v) is 11.6. The molecule has 0 bridgehead atoms. The number of allylic oxidation sites excluding steroid dienone is 2. The van der Waals surface area contributed by atoms with Gasteiger partial charge in [0.2, 0.25) is 5.75 Å². The topological polar surface area (TPSA) is 54.0 Å². The molecule has 0 N–H and O–H groups in total. The molecule has 1 aliphatic rings. The smallest absolute Gasteiger partial charge is 0.203 e. The van der Waals surface area contributed by atoms with Crippen LogP contribution in [0.15, 0.2) is 35.4 Å². The number of rotatable bonds is 7. The lowest BCUT2D eigenvalue weighted by atomic mass is 9.75. The van der Waals surface area contributed by atoms with E-state index in [-0.39, 0.29) is 5.78 Å². The predicted octanol–water partition coefficient (Wildman–Crippen LogP) is 6.44. The molecule has 1 unspecified atom stereocenters. The van der Waals surface area contributed by atoms with Crippen LogP contribution in [-0.4, -0.2) is 34.2 Å². The summed E-state index contributed by atoms with van der Waals surface area (Å²) in [5.74, 6) is 3.42. The van der Waals surface area contributed by atoms with E-state index in [1.165, 1.54) is 0 Å². The minimum Gasteiger partial charge on any atom is -0.496 e. The van der Waals surface area contributed by atoms with Crippen LogP contribution in [-0.2, 0) is 4.79 Å². The van der Waals surface area contributed by atoms with Crippen molar-refractivity contribution in [2.45, 2.75) is 40.5 Å². The number of Topliss-reactive ketones (excluding diaryl/α,β-unsaturated/α-hetero) is 1. The van der Waals surface area contributed by atoms with E-state index < -0.39 is 0 Å².